The first-order valence-electron chi connectivity index (χ1n) is 3.43. The zero-order valence-electron chi connectivity index (χ0n) is 6.02. The Hall–Kier alpha value is -0.120. The number of hydrazine groups is 1. The predicted octanol–water partition coefficient (Wildman–Crippen LogP) is 0.266. The summed E-state index contributed by atoms with van der Waals surface area (Å²) in [6.07, 6.45) is 2.33. The lowest BCUT2D eigenvalue weighted by Gasteiger charge is -2.00. The average Bonchev–Trinajstić information content (AvgIpc) is 1.89. The SMILES string of the molecule is CCCCOCCNN. The summed E-state index contributed by atoms with van der Waals surface area (Å²) in [5, 5.41) is 0. The molecule has 0 saturated carbocycles. The van der Waals surface area contributed by atoms with Crippen molar-refractivity contribution in [1.29, 1.82) is 0 Å². The van der Waals surface area contributed by atoms with Gasteiger partial charge in [0, 0.05) is 13.2 Å². The average molecular weight is 132 g/mol. The zero-order valence-corrected chi connectivity index (χ0v) is 6.02. The quantitative estimate of drug-likeness (QED) is 0.310. The largest absolute Gasteiger partial charge is 0.380 e. The van der Waals surface area contributed by atoms with Gasteiger partial charge < -0.3 is 4.74 Å². The second kappa shape index (κ2) is 7.88. The topological polar surface area (TPSA) is 47.3 Å². The van der Waals surface area contributed by atoms with Gasteiger partial charge >= 0.3 is 0 Å². The van der Waals surface area contributed by atoms with E-state index in [4.69, 9.17) is 10.6 Å². The second-order valence-electron chi connectivity index (χ2n) is 1.92. The number of ether oxygens (including phenoxy) is 1. The molecule has 9 heavy (non-hydrogen) atoms. The normalized spacial score (nSPS) is 10.0. The molecular formula is C6H16N2O. The summed E-state index contributed by atoms with van der Waals surface area (Å²) in [6.45, 7) is 4.46. The van der Waals surface area contributed by atoms with Crippen LogP contribution in [0.4, 0.5) is 0 Å². The Morgan fingerprint density at radius 3 is 2.78 bits per heavy atom. The van der Waals surface area contributed by atoms with Crippen LogP contribution in [0.15, 0.2) is 0 Å². The number of unbranched alkanes of at least 4 members (excludes halogenated alkanes) is 1. The van der Waals surface area contributed by atoms with Gasteiger partial charge in [-0.3, -0.25) is 11.3 Å². The van der Waals surface area contributed by atoms with Gasteiger partial charge in [-0.05, 0) is 6.42 Å². The van der Waals surface area contributed by atoms with E-state index >= 15 is 0 Å². The molecule has 0 atom stereocenters. The standard InChI is InChI=1S/C6H16N2O/c1-2-3-5-9-6-4-8-7/h8H,2-7H2,1H3. The van der Waals surface area contributed by atoms with E-state index in [1.54, 1.807) is 0 Å². The van der Waals surface area contributed by atoms with Crippen LogP contribution in [0.1, 0.15) is 19.8 Å². The third-order valence-corrected chi connectivity index (χ3v) is 1.03. The molecule has 0 heterocycles. The van der Waals surface area contributed by atoms with Crippen molar-refractivity contribution < 1.29 is 4.74 Å². The summed E-state index contributed by atoms with van der Waals surface area (Å²) in [5.41, 5.74) is 2.52. The van der Waals surface area contributed by atoms with Gasteiger partial charge in [-0.2, -0.15) is 0 Å². The minimum Gasteiger partial charge on any atom is -0.380 e. The summed E-state index contributed by atoms with van der Waals surface area (Å²) in [7, 11) is 0. The van der Waals surface area contributed by atoms with E-state index in [2.05, 4.69) is 12.3 Å². The Kier molecular flexibility index (Phi) is 7.77. The first kappa shape index (κ1) is 8.88. The number of hydrogen-bond acceptors (Lipinski definition) is 3. The van der Waals surface area contributed by atoms with E-state index in [0.717, 1.165) is 26.2 Å². The number of nitrogens with one attached hydrogen (secondary N) is 1. The Morgan fingerprint density at radius 2 is 2.22 bits per heavy atom. The fraction of sp³-hybridized carbons (Fsp3) is 1.00. The van der Waals surface area contributed by atoms with Crippen LogP contribution in [0.3, 0.4) is 0 Å². The van der Waals surface area contributed by atoms with Crippen LogP contribution < -0.4 is 11.3 Å². The van der Waals surface area contributed by atoms with Crippen molar-refractivity contribution in [2.75, 3.05) is 19.8 Å². The van der Waals surface area contributed by atoms with Crippen molar-refractivity contribution in [3.8, 4) is 0 Å². The third kappa shape index (κ3) is 7.88. The third-order valence-electron chi connectivity index (χ3n) is 1.03. The lowest BCUT2D eigenvalue weighted by Crippen LogP contribution is -2.26. The van der Waals surface area contributed by atoms with Gasteiger partial charge in [0.1, 0.15) is 0 Å². The van der Waals surface area contributed by atoms with E-state index in [1.165, 1.54) is 6.42 Å². The lowest BCUT2D eigenvalue weighted by molar-refractivity contribution is 0.133. The molecule has 0 aliphatic heterocycles. The molecule has 0 unspecified atom stereocenters. The molecule has 0 fully saturated rings. The minimum atomic E-state index is 0.719. The van der Waals surface area contributed by atoms with Crippen molar-refractivity contribution >= 4 is 0 Å². The molecular weight excluding hydrogens is 116 g/mol. The summed E-state index contributed by atoms with van der Waals surface area (Å²) >= 11 is 0. The number of rotatable bonds is 6. The van der Waals surface area contributed by atoms with Crippen LogP contribution >= 0.6 is 0 Å². The summed E-state index contributed by atoms with van der Waals surface area (Å²) in [4.78, 5) is 0. The highest BCUT2D eigenvalue weighted by Crippen LogP contribution is 1.85. The maximum Gasteiger partial charge on any atom is 0.0604 e. The molecule has 0 saturated heterocycles. The molecule has 0 rings (SSSR count). The molecule has 56 valence electrons. The molecule has 3 N–H and O–H groups in total. The number of nitrogens with two attached hydrogens (primary N) is 1. The maximum atomic E-state index is 5.17. The Labute approximate surface area is 56.5 Å². The predicted molar refractivity (Wildman–Crippen MR) is 37.9 cm³/mol. The van der Waals surface area contributed by atoms with Crippen molar-refractivity contribution in [1.82, 2.24) is 5.43 Å². The Balaban J connectivity index is 2.60. The highest BCUT2D eigenvalue weighted by molar-refractivity contribution is 4.35. The second-order valence-corrected chi connectivity index (χ2v) is 1.92. The molecule has 0 radical (unpaired) electrons. The summed E-state index contributed by atoms with van der Waals surface area (Å²) < 4.78 is 5.17. The molecule has 0 bridgehead atoms. The van der Waals surface area contributed by atoms with Crippen LogP contribution in [-0.4, -0.2) is 19.8 Å². The maximum absolute atomic E-state index is 5.17. The molecule has 0 aliphatic rings. The number of hydrogen-bond donors (Lipinski definition) is 2. The van der Waals surface area contributed by atoms with E-state index in [0.29, 0.717) is 0 Å². The molecule has 0 aromatic heterocycles. The van der Waals surface area contributed by atoms with Gasteiger partial charge in [0.25, 0.3) is 0 Å². The Morgan fingerprint density at radius 1 is 1.44 bits per heavy atom. The van der Waals surface area contributed by atoms with Crippen LogP contribution in [0.5, 0.6) is 0 Å². The molecule has 3 heteroatoms. The van der Waals surface area contributed by atoms with E-state index < -0.39 is 0 Å². The van der Waals surface area contributed by atoms with Gasteiger partial charge in [-0.25, -0.2) is 0 Å². The van der Waals surface area contributed by atoms with Crippen LogP contribution in [0.25, 0.3) is 0 Å². The monoisotopic (exact) mass is 132 g/mol. The highest BCUT2D eigenvalue weighted by Gasteiger charge is 1.83. The van der Waals surface area contributed by atoms with E-state index in [-0.39, 0.29) is 0 Å². The van der Waals surface area contributed by atoms with Crippen LogP contribution in [0, 0.1) is 0 Å². The van der Waals surface area contributed by atoms with Crippen LogP contribution in [0.2, 0.25) is 0 Å². The van der Waals surface area contributed by atoms with Crippen molar-refractivity contribution in [3.05, 3.63) is 0 Å². The van der Waals surface area contributed by atoms with Crippen LogP contribution in [-0.2, 0) is 4.74 Å². The first-order valence-corrected chi connectivity index (χ1v) is 3.43. The molecule has 0 aliphatic carbocycles. The highest BCUT2D eigenvalue weighted by atomic mass is 16.5. The molecule has 0 aromatic carbocycles. The first-order chi connectivity index (χ1) is 4.41. The molecule has 3 nitrogen and oxygen atoms in total. The van der Waals surface area contributed by atoms with Gasteiger partial charge in [0.2, 0.25) is 0 Å². The van der Waals surface area contributed by atoms with Gasteiger partial charge in [0.15, 0.2) is 0 Å². The van der Waals surface area contributed by atoms with E-state index in [9.17, 15) is 0 Å². The van der Waals surface area contributed by atoms with Gasteiger partial charge in [-0.15, -0.1) is 0 Å². The van der Waals surface area contributed by atoms with Crippen molar-refractivity contribution in [2.45, 2.75) is 19.8 Å². The minimum absolute atomic E-state index is 0.719. The van der Waals surface area contributed by atoms with E-state index in [1.807, 2.05) is 0 Å². The molecule has 0 spiro atoms. The summed E-state index contributed by atoms with van der Waals surface area (Å²) in [6, 6.07) is 0. The summed E-state index contributed by atoms with van der Waals surface area (Å²) in [5.74, 6) is 5.01. The van der Waals surface area contributed by atoms with Crippen molar-refractivity contribution in [2.24, 2.45) is 5.84 Å². The van der Waals surface area contributed by atoms with Gasteiger partial charge in [0.05, 0.1) is 6.61 Å². The molecule has 0 amide bonds. The zero-order chi connectivity index (χ0) is 6.95. The van der Waals surface area contributed by atoms with Gasteiger partial charge in [-0.1, -0.05) is 13.3 Å². The fourth-order valence-corrected chi connectivity index (χ4v) is 0.480. The lowest BCUT2D eigenvalue weighted by atomic mass is 10.4. The Bertz CT molecular complexity index is 44.3. The molecule has 0 aromatic rings. The fourth-order valence-electron chi connectivity index (χ4n) is 0.480. The van der Waals surface area contributed by atoms with Crippen molar-refractivity contribution in [3.63, 3.8) is 0 Å². The smallest absolute Gasteiger partial charge is 0.0604 e.